The van der Waals surface area contributed by atoms with E-state index in [0.717, 1.165) is 11.3 Å². The molecule has 106 valence electrons. The third-order valence-corrected chi connectivity index (χ3v) is 2.87. The smallest absolute Gasteiger partial charge is 0.433 e. The molecule has 7 nitrogen and oxygen atoms in total. The van der Waals surface area contributed by atoms with Crippen molar-refractivity contribution in [2.24, 2.45) is 0 Å². The van der Waals surface area contributed by atoms with Gasteiger partial charge in [0.2, 0.25) is 0 Å². The van der Waals surface area contributed by atoms with Crippen molar-refractivity contribution in [1.82, 2.24) is 4.98 Å². The maximum atomic E-state index is 10.5. The highest BCUT2D eigenvalue weighted by Gasteiger charge is 2.11. The van der Waals surface area contributed by atoms with E-state index < -0.39 is 4.92 Å². The van der Waals surface area contributed by atoms with Gasteiger partial charge < -0.3 is 14.2 Å². The molecule has 3 aromatic rings. The fourth-order valence-corrected chi connectivity index (χ4v) is 1.89. The fraction of sp³-hybridized carbons (Fsp3) is 0.0714. The standard InChI is InChI=1S/C14H11N3O4/c18-17(19)14-5-4-12(21-14)7-16-11-3-1-2-10(6-11)13-8-15-9-20-13/h1-6,8-9,16H,7H2. The molecule has 0 fully saturated rings. The molecule has 0 bridgehead atoms. The molecule has 0 unspecified atom stereocenters. The summed E-state index contributed by atoms with van der Waals surface area (Å²) in [5.41, 5.74) is 1.74. The summed E-state index contributed by atoms with van der Waals surface area (Å²) in [7, 11) is 0. The first-order valence-electron chi connectivity index (χ1n) is 6.18. The Morgan fingerprint density at radius 1 is 1.29 bits per heavy atom. The van der Waals surface area contributed by atoms with E-state index in [1.807, 2.05) is 24.3 Å². The molecule has 2 heterocycles. The van der Waals surface area contributed by atoms with Crippen molar-refractivity contribution in [3.8, 4) is 11.3 Å². The van der Waals surface area contributed by atoms with Crippen LogP contribution in [0.15, 0.2) is 57.8 Å². The van der Waals surface area contributed by atoms with Crippen LogP contribution in [0.1, 0.15) is 5.76 Å². The van der Waals surface area contributed by atoms with E-state index in [0.29, 0.717) is 18.1 Å². The highest BCUT2D eigenvalue weighted by molar-refractivity contribution is 5.63. The fourth-order valence-electron chi connectivity index (χ4n) is 1.89. The van der Waals surface area contributed by atoms with Crippen LogP contribution < -0.4 is 5.32 Å². The molecule has 0 amide bonds. The lowest BCUT2D eigenvalue weighted by Crippen LogP contribution is -1.98. The number of rotatable bonds is 5. The maximum Gasteiger partial charge on any atom is 0.433 e. The third kappa shape index (κ3) is 2.92. The number of hydrogen-bond acceptors (Lipinski definition) is 6. The van der Waals surface area contributed by atoms with Crippen LogP contribution in [0.25, 0.3) is 11.3 Å². The maximum absolute atomic E-state index is 10.5. The van der Waals surface area contributed by atoms with Gasteiger partial charge in [0.25, 0.3) is 0 Å². The molecule has 0 radical (unpaired) electrons. The van der Waals surface area contributed by atoms with Crippen molar-refractivity contribution >= 4 is 11.6 Å². The summed E-state index contributed by atoms with van der Waals surface area (Å²) in [4.78, 5) is 13.9. The molecule has 0 aliphatic carbocycles. The number of oxazole rings is 1. The Bertz CT molecular complexity index is 749. The van der Waals surface area contributed by atoms with Crippen LogP contribution in [0.3, 0.4) is 0 Å². The Morgan fingerprint density at radius 2 is 2.19 bits per heavy atom. The predicted octanol–water partition coefficient (Wildman–Crippen LogP) is 3.45. The van der Waals surface area contributed by atoms with Crippen molar-refractivity contribution in [1.29, 1.82) is 0 Å². The van der Waals surface area contributed by atoms with E-state index in [4.69, 9.17) is 8.83 Å². The molecular weight excluding hydrogens is 274 g/mol. The van der Waals surface area contributed by atoms with Crippen molar-refractivity contribution in [3.05, 3.63) is 64.9 Å². The Labute approximate surface area is 119 Å². The number of nitro groups is 1. The number of nitrogens with zero attached hydrogens (tertiary/aromatic N) is 2. The van der Waals surface area contributed by atoms with Crippen molar-refractivity contribution in [3.63, 3.8) is 0 Å². The second kappa shape index (κ2) is 5.49. The van der Waals surface area contributed by atoms with Gasteiger partial charge in [0, 0.05) is 11.3 Å². The van der Waals surface area contributed by atoms with Crippen molar-refractivity contribution in [2.75, 3.05) is 5.32 Å². The molecule has 2 aromatic heterocycles. The second-order valence-corrected chi connectivity index (χ2v) is 4.30. The molecule has 0 saturated heterocycles. The third-order valence-electron chi connectivity index (χ3n) is 2.87. The van der Waals surface area contributed by atoms with Crippen LogP contribution in [0.5, 0.6) is 0 Å². The summed E-state index contributed by atoms with van der Waals surface area (Å²) >= 11 is 0. The minimum atomic E-state index is -0.561. The monoisotopic (exact) mass is 285 g/mol. The quantitative estimate of drug-likeness (QED) is 0.570. The van der Waals surface area contributed by atoms with Crippen LogP contribution in [-0.4, -0.2) is 9.91 Å². The van der Waals surface area contributed by atoms with Gasteiger partial charge in [-0.25, -0.2) is 4.98 Å². The molecule has 1 aromatic carbocycles. The normalized spacial score (nSPS) is 10.5. The van der Waals surface area contributed by atoms with Gasteiger partial charge >= 0.3 is 5.88 Å². The number of hydrogen-bond donors (Lipinski definition) is 1. The first kappa shape index (κ1) is 12.9. The predicted molar refractivity (Wildman–Crippen MR) is 74.6 cm³/mol. The molecule has 0 aliphatic rings. The summed E-state index contributed by atoms with van der Waals surface area (Å²) in [6.45, 7) is 0.355. The van der Waals surface area contributed by atoms with Gasteiger partial charge in [-0.15, -0.1) is 0 Å². The molecule has 1 N–H and O–H groups in total. The first-order valence-corrected chi connectivity index (χ1v) is 6.18. The lowest BCUT2D eigenvalue weighted by atomic mass is 10.1. The van der Waals surface area contributed by atoms with Gasteiger partial charge in [0.1, 0.15) is 10.7 Å². The SMILES string of the molecule is O=[N+]([O-])c1ccc(CNc2cccc(-c3cnco3)c2)o1. The van der Waals surface area contributed by atoms with Gasteiger partial charge in [0.05, 0.1) is 18.8 Å². The number of furan rings is 1. The number of anilines is 1. The van der Waals surface area contributed by atoms with Gasteiger partial charge in [0.15, 0.2) is 12.2 Å². The van der Waals surface area contributed by atoms with E-state index in [-0.39, 0.29) is 5.88 Å². The van der Waals surface area contributed by atoms with Crippen LogP contribution in [0.2, 0.25) is 0 Å². The van der Waals surface area contributed by atoms with E-state index in [2.05, 4.69) is 10.3 Å². The van der Waals surface area contributed by atoms with Gasteiger partial charge in [-0.05, 0) is 18.2 Å². The summed E-state index contributed by atoms with van der Waals surface area (Å²) in [5.74, 6) is 0.904. The zero-order chi connectivity index (χ0) is 14.7. The topological polar surface area (TPSA) is 94.3 Å². The zero-order valence-electron chi connectivity index (χ0n) is 10.9. The Hall–Kier alpha value is -3.09. The van der Waals surface area contributed by atoms with Gasteiger partial charge in [-0.2, -0.15) is 0 Å². The van der Waals surface area contributed by atoms with Crippen LogP contribution in [0, 0.1) is 10.1 Å². The molecule has 0 spiro atoms. The highest BCUT2D eigenvalue weighted by Crippen LogP contribution is 2.23. The second-order valence-electron chi connectivity index (χ2n) is 4.30. The van der Waals surface area contributed by atoms with Crippen LogP contribution in [0.4, 0.5) is 11.6 Å². The lowest BCUT2D eigenvalue weighted by Gasteiger charge is -2.05. The highest BCUT2D eigenvalue weighted by atomic mass is 16.6. The summed E-state index contributed by atoms with van der Waals surface area (Å²) in [6.07, 6.45) is 3.01. The number of nitrogens with one attached hydrogen (secondary N) is 1. The van der Waals surface area contributed by atoms with Crippen molar-refractivity contribution in [2.45, 2.75) is 6.54 Å². The Kier molecular flexibility index (Phi) is 3.38. The van der Waals surface area contributed by atoms with E-state index in [1.165, 1.54) is 12.5 Å². The zero-order valence-corrected chi connectivity index (χ0v) is 10.9. The Morgan fingerprint density at radius 3 is 2.90 bits per heavy atom. The summed E-state index contributed by atoms with van der Waals surface area (Å²) in [6, 6.07) is 10.5. The van der Waals surface area contributed by atoms with Crippen LogP contribution in [-0.2, 0) is 6.54 Å². The molecule has 21 heavy (non-hydrogen) atoms. The minimum absolute atomic E-state index is 0.262. The van der Waals surface area contributed by atoms with Gasteiger partial charge in [-0.1, -0.05) is 12.1 Å². The molecule has 7 heteroatoms. The van der Waals surface area contributed by atoms with Gasteiger partial charge in [-0.3, -0.25) is 10.1 Å². The molecule has 0 aliphatic heterocycles. The number of benzene rings is 1. The lowest BCUT2D eigenvalue weighted by molar-refractivity contribution is -0.402. The van der Waals surface area contributed by atoms with E-state index >= 15 is 0 Å². The largest absolute Gasteiger partial charge is 0.444 e. The van der Waals surface area contributed by atoms with Crippen molar-refractivity contribution < 1.29 is 13.8 Å². The van der Waals surface area contributed by atoms with E-state index in [9.17, 15) is 10.1 Å². The molecule has 0 saturated carbocycles. The Balaban J connectivity index is 1.70. The number of aromatic nitrogens is 1. The average molecular weight is 285 g/mol. The minimum Gasteiger partial charge on any atom is -0.444 e. The average Bonchev–Trinajstić information content (AvgIpc) is 3.17. The first-order chi connectivity index (χ1) is 10.2. The van der Waals surface area contributed by atoms with E-state index in [1.54, 1.807) is 12.3 Å². The molecular formula is C14H11N3O4. The summed E-state index contributed by atoms with van der Waals surface area (Å²) in [5, 5.41) is 13.7. The molecule has 0 atom stereocenters. The summed E-state index contributed by atoms with van der Waals surface area (Å²) < 4.78 is 10.3. The molecule has 3 rings (SSSR count). The van der Waals surface area contributed by atoms with Crippen LogP contribution >= 0.6 is 0 Å².